The second-order valence-corrected chi connectivity index (χ2v) is 6.35. The van der Waals surface area contributed by atoms with Gasteiger partial charge in [-0.25, -0.2) is 9.38 Å². The van der Waals surface area contributed by atoms with Crippen LogP contribution >= 0.6 is 15.9 Å². The summed E-state index contributed by atoms with van der Waals surface area (Å²) in [7, 11) is 0. The molecule has 3 N–H and O–H groups in total. The van der Waals surface area contributed by atoms with Crippen molar-refractivity contribution in [3.8, 4) is 0 Å². The average Bonchev–Trinajstić information content (AvgIpc) is 2.53. The quantitative estimate of drug-likeness (QED) is 0.449. The number of aliphatic imine (C=N–C) groups is 1. The third kappa shape index (κ3) is 7.79. The molecule has 23 heavy (non-hydrogen) atoms. The van der Waals surface area contributed by atoms with Crippen LogP contribution in [0.15, 0.2) is 27.7 Å². The van der Waals surface area contributed by atoms with E-state index in [9.17, 15) is 4.39 Å². The third-order valence-corrected chi connectivity index (χ3v) is 4.18. The van der Waals surface area contributed by atoms with Gasteiger partial charge in [0.05, 0.1) is 11.0 Å². The molecule has 4 nitrogen and oxygen atoms in total. The summed E-state index contributed by atoms with van der Waals surface area (Å²) in [4.78, 5) is 4.50. The summed E-state index contributed by atoms with van der Waals surface area (Å²) in [6.45, 7) is 6.31. The number of guanidine groups is 1. The normalized spacial score (nSPS) is 13.0. The van der Waals surface area contributed by atoms with Gasteiger partial charge in [-0.15, -0.1) is 0 Å². The van der Waals surface area contributed by atoms with E-state index in [0.29, 0.717) is 16.9 Å². The van der Waals surface area contributed by atoms with E-state index in [1.807, 2.05) is 13.0 Å². The molecule has 0 heterocycles. The predicted octanol–water partition coefficient (Wildman–Crippen LogP) is 3.44. The van der Waals surface area contributed by atoms with Crippen molar-refractivity contribution in [1.82, 2.24) is 10.6 Å². The Hall–Kier alpha value is -1.14. The minimum Gasteiger partial charge on any atom is -0.396 e. The first kappa shape index (κ1) is 19.9. The molecule has 0 bridgehead atoms. The van der Waals surface area contributed by atoms with Crippen LogP contribution in [-0.2, 0) is 6.54 Å². The van der Waals surface area contributed by atoms with Gasteiger partial charge < -0.3 is 15.7 Å². The molecule has 0 fully saturated rings. The van der Waals surface area contributed by atoms with Crippen molar-refractivity contribution < 1.29 is 9.50 Å². The first-order chi connectivity index (χ1) is 11.1. The molecule has 1 aromatic rings. The lowest BCUT2D eigenvalue weighted by Gasteiger charge is -2.18. The second-order valence-electron chi connectivity index (χ2n) is 5.49. The number of halogens is 2. The Bertz CT molecular complexity index is 491. The molecule has 0 spiro atoms. The molecular formula is C17H27BrFN3O. The van der Waals surface area contributed by atoms with Crippen LogP contribution in [0, 0.1) is 11.7 Å². The summed E-state index contributed by atoms with van der Waals surface area (Å²) in [5.74, 6) is 0.871. The highest BCUT2D eigenvalue weighted by molar-refractivity contribution is 9.10. The number of nitrogens with one attached hydrogen (secondary N) is 2. The number of hydrogen-bond donors (Lipinski definition) is 3. The molecule has 0 saturated carbocycles. The zero-order valence-corrected chi connectivity index (χ0v) is 15.5. The van der Waals surface area contributed by atoms with E-state index in [4.69, 9.17) is 5.11 Å². The molecule has 0 aliphatic carbocycles. The fourth-order valence-electron chi connectivity index (χ4n) is 2.33. The summed E-state index contributed by atoms with van der Waals surface area (Å²) in [6, 6.07) is 5.04. The smallest absolute Gasteiger partial charge is 0.191 e. The molecule has 0 radical (unpaired) electrons. The summed E-state index contributed by atoms with van der Waals surface area (Å²) in [5.41, 5.74) is 0.823. The Morgan fingerprint density at radius 3 is 2.70 bits per heavy atom. The van der Waals surface area contributed by atoms with Gasteiger partial charge in [0, 0.05) is 19.7 Å². The molecule has 0 amide bonds. The van der Waals surface area contributed by atoms with Gasteiger partial charge in [0.25, 0.3) is 0 Å². The fraction of sp³-hybridized carbons (Fsp3) is 0.588. The highest BCUT2D eigenvalue weighted by Crippen LogP contribution is 2.16. The Balaban J connectivity index is 2.62. The topological polar surface area (TPSA) is 56.6 Å². The van der Waals surface area contributed by atoms with E-state index >= 15 is 0 Å². The molecule has 1 atom stereocenters. The molecule has 0 aliphatic rings. The van der Waals surface area contributed by atoms with Crippen molar-refractivity contribution in [3.63, 3.8) is 0 Å². The van der Waals surface area contributed by atoms with Crippen LogP contribution in [0.1, 0.15) is 38.7 Å². The van der Waals surface area contributed by atoms with Crippen molar-refractivity contribution in [2.75, 3.05) is 19.7 Å². The van der Waals surface area contributed by atoms with Gasteiger partial charge in [0.15, 0.2) is 5.96 Å². The van der Waals surface area contributed by atoms with E-state index in [-0.39, 0.29) is 12.4 Å². The third-order valence-electron chi connectivity index (χ3n) is 3.54. The maximum absolute atomic E-state index is 13.5. The maximum atomic E-state index is 13.5. The molecule has 1 aromatic carbocycles. The zero-order chi connectivity index (χ0) is 17.1. The standard InChI is InChI=1S/C17H27BrFN3O/c1-3-5-13(8-9-23)11-21-17(20-4-2)22-12-14-6-7-15(18)16(19)10-14/h6-7,10,13,23H,3-5,8-9,11-12H2,1-2H3,(H2,20,21,22). The fourth-order valence-corrected chi connectivity index (χ4v) is 2.58. The van der Waals surface area contributed by atoms with Gasteiger partial charge in [-0.05, 0) is 59.3 Å². The van der Waals surface area contributed by atoms with Crippen LogP contribution in [0.2, 0.25) is 0 Å². The highest BCUT2D eigenvalue weighted by atomic mass is 79.9. The van der Waals surface area contributed by atoms with Crippen LogP contribution in [0.4, 0.5) is 4.39 Å². The minimum atomic E-state index is -0.276. The van der Waals surface area contributed by atoms with Gasteiger partial charge in [-0.1, -0.05) is 19.4 Å². The number of aliphatic hydroxyl groups is 1. The maximum Gasteiger partial charge on any atom is 0.191 e. The average molecular weight is 388 g/mol. The van der Waals surface area contributed by atoms with Crippen molar-refractivity contribution in [1.29, 1.82) is 0 Å². The molecule has 1 unspecified atom stereocenters. The van der Waals surface area contributed by atoms with Crippen molar-refractivity contribution >= 4 is 21.9 Å². The molecule has 130 valence electrons. The number of benzene rings is 1. The molecule has 0 saturated heterocycles. The Morgan fingerprint density at radius 2 is 2.09 bits per heavy atom. The highest BCUT2D eigenvalue weighted by Gasteiger charge is 2.08. The van der Waals surface area contributed by atoms with E-state index in [1.165, 1.54) is 6.07 Å². The summed E-state index contributed by atoms with van der Waals surface area (Å²) in [5, 5.41) is 15.6. The Labute approximate surface area is 146 Å². The predicted molar refractivity (Wildman–Crippen MR) is 97.0 cm³/mol. The monoisotopic (exact) mass is 387 g/mol. The SMILES string of the molecule is CCCC(CCO)CNC(=NCc1ccc(Br)c(F)c1)NCC. The lowest BCUT2D eigenvalue weighted by Crippen LogP contribution is -2.40. The van der Waals surface area contributed by atoms with E-state index in [1.54, 1.807) is 6.07 Å². The summed E-state index contributed by atoms with van der Waals surface area (Å²) >= 11 is 3.15. The lowest BCUT2D eigenvalue weighted by molar-refractivity contribution is 0.251. The van der Waals surface area contributed by atoms with E-state index < -0.39 is 0 Å². The molecule has 6 heteroatoms. The molecule has 0 aliphatic heterocycles. The summed E-state index contributed by atoms with van der Waals surface area (Å²) in [6.07, 6.45) is 2.96. The largest absolute Gasteiger partial charge is 0.396 e. The summed E-state index contributed by atoms with van der Waals surface area (Å²) < 4.78 is 14.0. The number of aliphatic hydroxyl groups excluding tert-OH is 1. The van der Waals surface area contributed by atoms with Crippen LogP contribution in [0.3, 0.4) is 0 Å². The van der Waals surface area contributed by atoms with Crippen molar-refractivity contribution in [2.45, 2.75) is 39.7 Å². The first-order valence-corrected chi connectivity index (χ1v) is 8.96. The molecule has 0 aromatic heterocycles. The van der Waals surface area contributed by atoms with Gasteiger partial charge in [0.2, 0.25) is 0 Å². The van der Waals surface area contributed by atoms with Gasteiger partial charge in [-0.3, -0.25) is 0 Å². The molecular weight excluding hydrogens is 361 g/mol. The van der Waals surface area contributed by atoms with E-state index in [0.717, 1.165) is 43.9 Å². The van der Waals surface area contributed by atoms with Crippen LogP contribution in [-0.4, -0.2) is 30.8 Å². The van der Waals surface area contributed by atoms with Gasteiger partial charge in [0.1, 0.15) is 5.82 Å². The van der Waals surface area contributed by atoms with Crippen LogP contribution < -0.4 is 10.6 Å². The zero-order valence-electron chi connectivity index (χ0n) is 13.9. The Kier molecular flexibility index (Phi) is 9.87. The van der Waals surface area contributed by atoms with Crippen LogP contribution in [0.5, 0.6) is 0 Å². The number of hydrogen-bond acceptors (Lipinski definition) is 2. The minimum absolute atomic E-state index is 0.207. The number of rotatable bonds is 9. The first-order valence-electron chi connectivity index (χ1n) is 8.17. The second kappa shape index (κ2) is 11.4. The number of nitrogens with zero attached hydrogens (tertiary/aromatic N) is 1. The lowest BCUT2D eigenvalue weighted by atomic mass is 10.0. The van der Waals surface area contributed by atoms with Crippen LogP contribution in [0.25, 0.3) is 0 Å². The van der Waals surface area contributed by atoms with Crippen molar-refractivity contribution in [2.24, 2.45) is 10.9 Å². The van der Waals surface area contributed by atoms with Crippen molar-refractivity contribution in [3.05, 3.63) is 34.1 Å². The van der Waals surface area contributed by atoms with Gasteiger partial charge >= 0.3 is 0 Å². The Morgan fingerprint density at radius 1 is 1.30 bits per heavy atom. The molecule has 1 rings (SSSR count). The van der Waals surface area contributed by atoms with Gasteiger partial charge in [-0.2, -0.15) is 0 Å². The van der Waals surface area contributed by atoms with E-state index in [2.05, 4.69) is 38.5 Å².